The summed E-state index contributed by atoms with van der Waals surface area (Å²) in [6, 6.07) is 12.3. The van der Waals surface area contributed by atoms with Crippen LogP contribution in [0.5, 0.6) is 11.5 Å². The van der Waals surface area contributed by atoms with Gasteiger partial charge in [0, 0.05) is 10.0 Å². The summed E-state index contributed by atoms with van der Waals surface area (Å²) in [6.07, 6.45) is 1.65. The van der Waals surface area contributed by atoms with E-state index < -0.39 is 0 Å². The first-order chi connectivity index (χ1) is 12.0. The van der Waals surface area contributed by atoms with Crippen molar-refractivity contribution in [3.05, 3.63) is 57.4 Å². The first kappa shape index (κ1) is 18.0. The molecule has 0 bridgehead atoms. The van der Waals surface area contributed by atoms with E-state index >= 15 is 0 Å². The van der Waals surface area contributed by atoms with Gasteiger partial charge in [-0.1, -0.05) is 39.9 Å². The van der Waals surface area contributed by atoms with E-state index in [1.54, 1.807) is 48.5 Å². The van der Waals surface area contributed by atoms with Crippen molar-refractivity contribution in [3.8, 4) is 11.5 Å². The SMILES string of the molecule is CCOc1ccc(N2C(=O)C(=Cc3cc(Br)ccc3O)SC2=S)cc1. The molecule has 0 aromatic heterocycles. The van der Waals surface area contributed by atoms with Gasteiger partial charge in [-0.25, -0.2) is 0 Å². The minimum absolute atomic E-state index is 0.106. The molecular weight excluding hydrogens is 422 g/mol. The molecule has 3 rings (SSSR count). The van der Waals surface area contributed by atoms with Crippen LogP contribution < -0.4 is 9.64 Å². The van der Waals surface area contributed by atoms with Gasteiger partial charge in [-0.2, -0.15) is 0 Å². The molecule has 1 amide bonds. The van der Waals surface area contributed by atoms with Crippen molar-refractivity contribution in [2.75, 3.05) is 11.5 Å². The summed E-state index contributed by atoms with van der Waals surface area (Å²) in [5.74, 6) is 0.638. The molecule has 4 nitrogen and oxygen atoms in total. The van der Waals surface area contributed by atoms with Crippen molar-refractivity contribution in [2.24, 2.45) is 0 Å². The summed E-state index contributed by atoms with van der Waals surface area (Å²) in [5, 5.41) is 9.97. The lowest BCUT2D eigenvalue weighted by Gasteiger charge is -2.15. The van der Waals surface area contributed by atoms with Gasteiger partial charge in [0.05, 0.1) is 17.2 Å². The van der Waals surface area contributed by atoms with E-state index in [1.165, 1.54) is 16.7 Å². The van der Waals surface area contributed by atoms with Gasteiger partial charge in [-0.15, -0.1) is 0 Å². The highest BCUT2D eigenvalue weighted by Crippen LogP contribution is 2.37. The molecule has 2 aromatic rings. The molecule has 2 aromatic carbocycles. The number of hydrogen-bond donors (Lipinski definition) is 1. The lowest BCUT2D eigenvalue weighted by atomic mass is 10.2. The number of thioether (sulfide) groups is 1. The van der Waals surface area contributed by atoms with Crippen LogP contribution in [0.3, 0.4) is 0 Å². The molecule has 0 saturated carbocycles. The summed E-state index contributed by atoms with van der Waals surface area (Å²) in [4.78, 5) is 14.7. The van der Waals surface area contributed by atoms with Crippen molar-refractivity contribution >= 4 is 61.9 Å². The molecule has 0 spiro atoms. The third-order valence-electron chi connectivity index (χ3n) is 3.48. The highest BCUT2D eigenvalue weighted by Gasteiger charge is 2.33. The molecule has 1 aliphatic heterocycles. The lowest BCUT2D eigenvalue weighted by Crippen LogP contribution is -2.27. The maximum absolute atomic E-state index is 12.8. The Kier molecular flexibility index (Phi) is 5.46. The van der Waals surface area contributed by atoms with Crippen molar-refractivity contribution in [2.45, 2.75) is 6.92 Å². The first-order valence-corrected chi connectivity index (χ1v) is 9.50. The fraction of sp³-hybridized carbons (Fsp3) is 0.111. The number of carbonyl (C=O) groups excluding carboxylic acids is 1. The molecule has 128 valence electrons. The normalized spacial score (nSPS) is 15.9. The van der Waals surface area contributed by atoms with Crippen molar-refractivity contribution in [3.63, 3.8) is 0 Å². The molecule has 1 heterocycles. The summed E-state index contributed by atoms with van der Waals surface area (Å²) < 4.78 is 6.69. The van der Waals surface area contributed by atoms with Gasteiger partial charge >= 0.3 is 0 Å². The van der Waals surface area contributed by atoms with Crippen molar-refractivity contribution in [1.29, 1.82) is 0 Å². The highest BCUT2D eigenvalue weighted by atomic mass is 79.9. The van der Waals surface area contributed by atoms with Crippen LogP contribution in [-0.2, 0) is 4.79 Å². The third-order valence-corrected chi connectivity index (χ3v) is 5.27. The summed E-state index contributed by atoms with van der Waals surface area (Å²) in [6.45, 7) is 2.50. The van der Waals surface area contributed by atoms with E-state index in [1.807, 2.05) is 6.92 Å². The van der Waals surface area contributed by atoms with Crippen LogP contribution in [-0.4, -0.2) is 21.9 Å². The molecule has 7 heteroatoms. The lowest BCUT2D eigenvalue weighted by molar-refractivity contribution is -0.113. The fourth-order valence-corrected chi connectivity index (χ4v) is 4.00. The van der Waals surface area contributed by atoms with E-state index in [-0.39, 0.29) is 11.7 Å². The number of anilines is 1. The maximum atomic E-state index is 12.8. The monoisotopic (exact) mass is 435 g/mol. The van der Waals surface area contributed by atoms with Crippen LogP contribution in [0, 0.1) is 0 Å². The molecule has 0 aliphatic carbocycles. The zero-order chi connectivity index (χ0) is 18.0. The maximum Gasteiger partial charge on any atom is 0.270 e. The summed E-state index contributed by atoms with van der Waals surface area (Å²) in [7, 11) is 0. The number of rotatable bonds is 4. The van der Waals surface area contributed by atoms with Crippen LogP contribution in [0.1, 0.15) is 12.5 Å². The number of phenols is 1. The second-order valence-electron chi connectivity index (χ2n) is 5.15. The van der Waals surface area contributed by atoms with Gasteiger partial charge in [0.25, 0.3) is 5.91 Å². The average molecular weight is 436 g/mol. The molecule has 25 heavy (non-hydrogen) atoms. The van der Waals surface area contributed by atoms with Crippen LogP contribution >= 0.6 is 39.9 Å². The Labute approximate surface area is 163 Å². The number of carbonyl (C=O) groups is 1. The zero-order valence-corrected chi connectivity index (χ0v) is 16.5. The number of hydrogen-bond acceptors (Lipinski definition) is 5. The standard InChI is InChI=1S/C18H14BrNO3S2/c1-2-23-14-6-4-13(5-7-14)20-17(22)16(25-18(20)24)10-11-9-12(19)3-8-15(11)21/h3-10,21H,2H2,1H3. The second-order valence-corrected chi connectivity index (χ2v) is 7.74. The van der Waals surface area contributed by atoms with Crippen LogP contribution in [0.15, 0.2) is 51.8 Å². The van der Waals surface area contributed by atoms with Crippen molar-refractivity contribution in [1.82, 2.24) is 0 Å². The number of phenolic OH excluding ortho intramolecular Hbond substituents is 1. The predicted molar refractivity (Wildman–Crippen MR) is 109 cm³/mol. The number of benzene rings is 2. The van der Waals surface area contributed by atoms with Crippen LogP contribution in [0.4, 0.5) is 5.69 Å². The molecular formula is C18H14BrNO3S2. The number of ether oxygens (including phenoxy) is 1. The molecule has 1 aliphatic rings. The molecule has 1 N–H and O–H groups in total. The summed E-state index contributed by atoms with van der Waals surface area (Å²) in [5.41, 5.74) is 1.24. The third kappa shape index (κ3) is 3.89. The quantitative estimate of drug-likeness (QED) is 0.543. The number of amides is 1. The molecule has 1 fully saturated rings. The first-order valence-electron chi connectivity index (χ1n) is 7.49. The Balaban J connectivity index is 1.89. The summed E-state index contributed by atoms with van der Waals surface area (Å²) >= 11 is 9.93. The van der Waals surface area contributed by atoms with Gasteiger partial charge in [-0.3, -0.25) is 9.69 Å². The Bertz CT molecular complexity index is 865. The minimum Gasteiger partial charge on any atom is -0.507 e. The Morgan fingerprint density at radius 1 is 1.28 bits per heavy atom. The highest BCUT2D eigenvalue weighted by molar-refractivity contribution is 9.10. The van der Waals surface area contributed by atoms with E-state index in [0.29, 0.717) is 27.1 Å². The number of nitrogens with zero attached hydrogens (tertiary/aromatic N) is 1. The van der Waals surface area contributed by atoms with Gasteiger partial charge in [-0.05, 0) is 55.5 Å². The molecule has 0 unspecified atom stereocenters. The molecule has 0 atom stereocenters. The molecule has 0 radical (unpaired) electrons. The number of aromatic hydroxyl groups is 1. The average Bonchev–Trinajstić information content (AvgIpc) is 2.86. The Hall–Kier alpha value is -1.83. The minimum atomic E-state index is -0.210. The van der Waals surface area contributed by atoms with Crippen molar-refractivity contribution < 1.29 is 14.6 Å². The molecule has 1 saturated heterocycles. The van der Waals surface area contributed by atoms with E-state index in [4.69, 9.17) is 17.0 Å². The van der Waals surface area contributed by atoms with Crippen LogP contribution in [0.25, 0.3) is 6.08 Å². The van der Waals surface area contributed by atoms with Gasteiger partial charge in [0.15, 0.2) is 4.32 Å². The topological polar surface area (TPSA) is 49.8 Å². The number of halogens is 1. The predicted octanol–water partition coefficient (Wildman–Crippen LogP) is 4.96. The van der Waals surface area contributed by atoms with E-state index in [0.717, 1.165) is 10.2 Å². The Morgan fingerprint density at radius 2 is 2.00 bits per heavy atom. The van der Waals surface area contributed by atoms with Gasteiger partial charge in [0.1, 0.15) is 11.5 Å². The fourth-order valence-electron chi connectivity index (χ4n) is 2.33. The smallest absolute Gasteiger partial charge is 0.270 e. The number of thiocarbonyl (C=S) groups is 1. The largest absolute Gasteiger partial charge is 0.507 e. The van der Waals surface area contributed by atoms with E-state index in [2.05, 4.69) is 15.9 Å². The van der Waals surface area contributed by atoms with Gasteiger partial charge < -0.3 is 9.84 Å². The van der Waals surface area contributed by atoms with E-state index in [9.17, 15) is 9.90 Å². The van der Waals surface area contributed by atoms with Crippen LogP contribution in [0.2, 0.25) is 0 Å². The Morgan fingerprint density at radius 3 is 2.68 bits per heavy atom. The van der Waals surface area contributed by atoms with Gasteiger partial charge in [0.2, 0.25) is 0 Å². The zero-order valence-electron chi connectivity index (χ0n) is 13.2. The second kappa shape index (κ2) is 7.59.